The fourth-order valence-electron chi connectivity index (χ4n) is 6.38. The largest absolute Gasteiger partial charge is 0.504 e. The minimum Gasteiger partial charge on any atom is -0.504 e. The van der Waals surface area contributed by atoms with Crippen molar-refractivity contribution in [3.05, 3.63) is 71.8 Å². The van der Waals surface area contributed by atoms with Gasteiger partial charge in [0, 0.05) is 31.1 Å². The van der Waals surface area contributed by atoms with Crippen molar-refractivity contribution in [2.24, 2.45) is 11.6 Å². The molecule has 1 amide bonds. The van der Waals surface area contributed by atoms with Crippen molar-refractivity contribution >= 4 is 17.8 Å². The van der Waals surface area contributed by atoms with Gasteiger partial charge in [0.15, 0.2) is 23.4 Å². The number of nitrogens with zero attached hydrogens (tertiary/aromatic N) is 1. The zero-order chi connectivity index (χ0) is 27.7. The maximum Gasteiger partial charge on any atom is 0.423 e. The molecule has 11 nitrogen and oxygen atoms in total. The van der Waals surface area contributed by atoms with Gasteiger partial charge in [-0.2, -0.15) is 5.90 Å². The quantitative estimate of drug-likeness (QED) is 0.291. The number of nitrogens with two attached hydrogens (primary N) is 2. The second kappa shape index (κ2) is 10.4. The number of carbonyl (C=O) groups is 3. The first-order valence-electron chi connectivity index (χ1n) is 12.2. The lowest BCUT2D eigenvalue weighted by molar-refractivity contribution is -0.187. The van der Waals surface area contributed by atoms with E-state index in [-0.39, 0.29) is 17.6 Å². The first-order valence-corrected chi connectivity index (χ1v) is 12.2. The molecule has 2 fully saturated rings. The van der Waals surface area contributed by atoms with Crippen molar-refractivity contribution in [1.82, 2.24) is 4.90 Å². The van der Waals surface area contributed by atoms with Crippen LogP contribution in [-0.2, 0) is 21.5 Å². The summed E-state index contributed by atoms with van der Waals surface area (Å²) in [6, 6.07) is 11.8. The van der Waals surface area contributed by atoms with Gasteiger partial charge in [0.25, 0.3) is 0 Å². The Morgan fingerprint density at radius 3 is 2.47 bits per heavy atom. The number of ketones is 1. The molecule has 202 valence electrons. The molecule has 2 bridgehead atoms. The number of phenols is 1. The minimum absolute atomic E-state index is 0.0408. The summed E-state index contributed by atoms with van der Waals surface area (Å²) in [5.74, 6) is 3.85. The lowest BCUT2D eigenvalue weighted by Crippen LogP contribution is -2.76. The van der Waals surface area contributed by atoms with Crippen LogP contribution in [0.3, 0.4) is 0 Å². The summed E-state index contributed by atoms with van der Waals surface area (Å²) in [7, 11) is 0. The Morgan fingerprint density at radius 2 is 1.89 bits per heavy atom. The molecular weight excluding hydrogens is 494 g/mol. The summed E-state index contributed by atoms with van der Waals surface area (Å²) in [5.41, 5.74) is 4.89. The van der Waals surface area contributed by atoms with Crippen LogP contribution in [-0.4, -0.2) is 68.9 Å². The zero-order valence-electron chi connectivity index (χ0n) is 20.7. The van der Waals surface area contributed by atoms with E-state index in [0.717, 1.165) is 24.2 Å². The molecule has 11 heteroatoms. The van der Waals surface area contributed by atoms with E-state index in [4.69, 9.17) is 9.84 Å². The van der Waals surface area contributed by atoms with E-state index < -0.39 is 29.2 Å². The van der Waals surface area contributed by atoms with Crippen LogP contribution in [0.5, 0.6) is 11.5 Å². The predicted octanol–water partition coefficient (Wildman–Crippen LogP) is 1.64. The molecule has 2 aromatic carbocycles. The van der Waals surface area contributed by atoms with Crippen molar-refractivity contribution in [2.45, 2.75) is 48.8 Å². The number of carboxylic acids is 1. The Morgan fingerprint density at radius 1 is 1.21 bits per heavy atom. The fourth-order valence-corrected chi connectivity index (χ4v) is 6.38. The monoisotopic (exact) mass is 525 g/mol. The van der Waals surface area contributed by atoms with Crippen LogP contribution in [0.2, 0.25) is 0 Å². The molecule has 0 radical (unpaired) electrons. The number of rotatable bonds is 3. The molecule has 1 saturated carbocycles. The number of piperidine rings is 1. The number of primary amides is 1. The number of benzene rings is 2. The summed E-state index contributed by atoms with van der Waals surface area (Å²) in [4.78, 5) is 37.7. The van der Waals surface area contributed by atoms with Crippen LogP contribution in [0.25, 0.3) is 0 Å². The van der Waals surface area contributed by atoms with Crippen LogP contribution in [0, 0.1) is 0 Å². The molecular formula is C27H31N3O8. The minimum atomic E-state index is -1.00. The van der Waals surface area contributed by atoms with Gasteiger partial charge in [0.05, 0.1) is 16.6 Å². The number of hydrogen-bond acceptors (Lipinski definition) is 9. The van der Waals surface area contributed by atoms with Gasteiger partial charge < -0.3 is 30.6 Å². The van der Waals surface area contributed by atoms with Gasteiger partial charge >= 0.3 is 12.1 Å². The Balaban J connectivity index is 0.000000199. The first-order chi connectivity index (χ1) is 18.1. The molecule has 1 saturated heterocycles. The number of phenolic OH excluding ortho intramolecular Hbond substituents is 1. The molecule has 0 unspecified atom stereocenters. The SMILES string of the molecule is C=CCN1CC[C@]23c4c5ccc(O)c4O[C@H]2C(=O)CC[C@@]3(O)[C@H]1C5.NOC(N)=O.O=C(O)c1ccccc1. The van der Waals surface area contributed by atoms with E-state index in [1.807, 2.05) is 12.1 Å². The van der Waals surface area contributed by atoms with Gasteiger partial charge in [-0.1, -0.05) is 30.3 Å². The molecule has 2 aliphatic heterocycles. The zero-order valence-corrected chi connectivity index (χ0v) is 20.7. The maximum absolute atomic E-state index is 12.6. The van der Waals surface area contributed by atoms with Gasteiger partial charge in [-0.15, -0.1) is 6.58 Å². The summed E-state index contributed by atoms with van der Waals surface area (Å²) >= 11 is 0. The molecule has 2 aromatic rings. The van der Waals surface area contributed by atoms with Crippen LogP contribution in [0.1, 0.15) is 40.7 Å². The number of carbonyl (C=O) groups excluding carboxylic acids is 2. The number of aromatic carboxylic acids is 1. The van der Waals surface area contributed by atoms with Gasteiger partial charge in [0.2, 0.25) is 0 Å². The third-order valence-corrected chi connectivity index (χ3v) is 7.87. The van der Waals surface area contributed by atoms with Gasteiger partial charge in [-0.3, -0.25) is 9.69 Å². The topological polar surface area (TPSA) is 186 Å². The smallest absolute Gasteiger partial charge is 0.423 e. The number of ether oxygens (including phenoxy) is 1. The van der Waals surface area contributed by atoms with E-state index in [1.165, 1.54) is 0 Å². The number of hydrogen-bond donors (Lipinski definition) is 5. The molecule has 2 heterocycles. The number of Topliss-reactive ketones (excluding diaryl/α,β-unsaturated/α-hetero) is 1. The van der Waals surface area contributed by atoms with Crippen LogP contribution < -0.4 is 16.4 Å². The first kappa shape index (κ1) is 27.1. The number of carboxylic acid groups (broad SMARTS) is 1. The van der Waals surface area contributed by atoms with E-state index in [1.54, 1.807) is 36.4 Å². The Labute approximate surface area is 219 Å². The van der Waals surface area contributed by atoms with Crippen molar-refractivity contribution < 1.29 is 39.3 Å². The van der Waals surface area contributed by atoms with E-state index >= 15 is 0 Å². The molecule has 4 aliphatic rings. The highest BCUT2D eigenvalue weighted by Gasteiger charge is 2.73. The second-order valence-electron chi connectivity index (χ2n) is 9.67. The molecule has 7 N–H and O–H groups in total. The lowest BCUT2D eigenvalue weighted by atomic mass is 9.49. The summed E-state index contributed by atoms with van der Waals surface area (Å²) in [6.07, 6.45) is 2.38. The van der Waals surface area contributed by atoms with Crippen LogP contribution in [0.15, 0.2) is 55.1 Å². The van der Waals surface area contributed by atoms with Crippen molar-refractivity contribution in [1.29, 1.82) is 0 Å². The summed E-state index contributed by atoms with van der Waals surface area (Å²) < 4.78 is 5.98. The number of likely N-dealkylation sites (tertiary alicyclic amines) is 1. The molecule has 38 heavy (non-hydrogen) atoms. The Bertz CT molecular complexity index is 1250. The summed E-state index contributed by atoms with van der Waals surface area (Å²) in [5, 5.41) is 30.5. The summed E-state index contributed by atoms with van der Waals surface area (Å²) in [6.45, 7) is 5.36. The molecule has 6 rings (SSSR count). The maximum atomic E-state index is 12.6. The van der Waals surface area contributed by atoms with Crippen molar-refractivity contribution in [3.8, 4) is 11.5 Å². The highest BCUT2D eigenvalue weighted by Crippen LogP contribution is 2.64. The van der Waals surface area contributed by atoms with Gasteiger partial charge in [0.1, 0.15) is 0 Å². The Kier molecular flexibility index (Phi) is 7.45. The van der Waals surface area contributed by atoms with Crippen LogP contribution >= 0.6 is 0 Å². The van der Waals surface area contributed by atoms with Crippen LogP contribution in [0.4, 0.5) is 4.79 Å². The highest BCUT2D eigenvalue weighted by atomic mass is 16.7. The Hall–Kier alpha value is -3.93. The van der Waals surface area contributed by atoms with Crippen molar-refractivity contribution in [3.63, 3.8) is 0 Å². The van der Waals surface area contributed by atoms with Gasteiger partial charge in [-0.25, -0.2) is 9.59 Å². The standard InChI is InChI=1S/C19H21NO4.C7H6O2.CH4N2O2/c1-2-8-20-9-7-18-15-11-3-4-12(21)16(15)24-17(18)13(22)5-6-19(18,23)14(20)10-11;8-7(9)6-4-2-1-3-5-6;2-1(4)5-3/h2-4,14,17,21,23H,1,5-10H2;1-5H,(H,8,9);3H2,(H2,2,4)/t14-,17+,18+,19-;;/m1../s1. The molecule has 1 spiro atoms. The molecule has 2 aliphatic carbocycles. The van der Waals surface area contributed by atoms with Gasteiger partial charge in [-0.05, 0) is 43.0 Å². The number of amides is 1. The fraction of sp³-hybridized carbons (Fsp3) is 0.370. The van der Waals surface area contributed by atoms with E-state index in [0.29, 0.717) is 37.0 Å². The van der Waals surface area contributed by atoms with E-state index in [2.05, 4.69) is 27.9 Å². The highest BCUT2D eigenvalue weighted by molar-refractivity contribution is 5.90. The van der Waals surface area contributed by atoms with Crippen molar-refractivity contribution in [2.75, 3.05) is 13.1 Å². The molecule has 4 atom stereocenters. The third kappa shape index (κ3) is 4.28. The number of aliphatic hydroxyl groups is 1. The normalized spacial score (nSPS) is 27.8. The van der Waals surface area contributed by atoms with E-state index in [9.17, 15) is 24.6 Å². The lowest BCUT2D eigenvalue weighted by Gasteiger charge is -2.62. The number of aromatic hydroxyl groups is 1. The molecule has 0 aromatic heterocycles. The predicted molar refractivity (Wildman–Crippen MR) is 136 cm³/mol. The second-order valence-corrected chi connectivity index (χ2v) is 9.67. The third-order valence-electron chi connectivity index (χ3n) is 7.87. The average molecular weight is 526 g/mol. The average Bonchev–Trinajstić information content (AvgIpc) is 3.27.